The van der Waals surface area contributed by atoms with Crippen molar-refractivity contribution in [2.24, 2.45) is 0 Å². The molecule has 1 aliphatic rings. The Hall–Kier alpha value is -2.19. The highest BCUT2D eigenvalue weighted by atomic mass is 32.2. The van der Waals surface area contributed by atoms with Crippen molar-refractivity contribution >= 4 is 21.9 Å². The van der Waals surface area contributed by atoms with Crippen LogP contribution in [0.3, 0.4) is 0 Å². The van der Waals surface area contributed by atoms with Crippen LogP contribution in [-0.4, -0.2) is 62.3 Å². The van der Waals surface area contributed by atoms with E-state index in [-0.39, 0.29) is 23.0 Å². The Morgan fingerprint density at radius 2 is 1.69 bits per heavy atom. The number of esters is 1. The van der Waals surface area contributed by atoms with Crippen LogP contribution in [0.2, 0.25) is 0 Å². The summed E-state index contributed by atoms with van der Waals surface area (Å²) in [5.41, 5.74) is 1.04. The molecule has 0 saturated carbocycles. The molecule has 0 bridgehead atoms. The molecule has 1 saturated heterocycles. The number of amides is 1. The van der Waals surface area contributed by atoms with E-state index in [0.717, 1.165) is 31.3 Å². The third-order valence-corrected chi connectivity index (χ3v) is 6.73. The van der Waals surface area contributed by atoms with Crippen molar-refractivity contribution in [3.63, 3.8) is 0 Å². The summed E-state index contributed by atoms with van der Waals surface area (Å²) in [6.45, 7) is 9.02. The SMILES string of the molecule is C=C(C)CN(CC)C(=O)COC(=O)c1ccc(S(=O)(=O)N2CCCCCC2)cc1. The molecule has 8 heteroatoms. The molecule has 1 aromatic rings. The summed E-state index contributed by atoms with van der Waals surface area (Å²) in [7, 11) is -3.57. The van der Waals surface area contributed by atoms with E-state index in [1.807, 2.05) is 13.8 Å². The third-order valence-electron chi connectivity index (χ3n) is 4.81. The van der Waals surface area contributed by atoms with E-state index < -0.39 is 16.0 Å². The second kappa shape index (κ2) is 10.5. The van der Waals surface area contributed by atoms with Gasteiger partial charge in [0.05, 0.1) is 10.5 Å². The first kappa shape index (κ1) is 23.1. The Bertz CT molecular complexity index is 825. The highest BCUT2D eigenvalue weighted by Crippen LogP contribution is 2.21. The van der Waals surface area contributed by atoms with Crippen molar-refractivity contribution in [1.29, 1.82) is 0 Å². The maximum Gasteiger partial charge on any atom is 0.338 e. The summed E-state index contributed by atoms with van der Waals surface area (Å²) >= 11 is 0. The zero-order valence-corrected chi connectivity index (χ0v) is 18.0. The van der Waals surface area contributed by atoms with E-state index in [4.69, 9.17) is 4.74 Å². The lowest BCUT2D eigenvalue weighted by atomic mass is 10.2. The molecule has 1 heterocycles. The molecule has 1 aliphatic heterocycles. The van der Waals surface area contributed by atoms with E-state index in [2.05, 4.69) is 6.58 Å². The molecule has 1 fully saturated rings. The lowest BCUT2D eigenvalue weighted by Crippen LogP contribution is -2.35. The van der Waals surface area contributed by atoms with Gasteiger partial charge in [-0.05, 0) is 51.0 Å². The first-order chi connectivity index (χ1) is 13.8. The van der Waals surface area contributed by atoms with Gasteiger partial charge in [0.1, 0.15) is 0 Å². The van der Waals surface area contributed by atoms with Crippen LogP contribution in [-0.2, 0) is 19.6 Å². The van der Waals surface area contributed by atoms with Gasteiger partial charge >= 0.3 is 5.97 Å². The lowest BCUT2D eigenvalue weighted by molar-refractivity contribution is -0.133. The van der Waals surface area contributed by atoms with E-state index >= 15 is 0 Å². The van der Waals surface area contributed by atoms with Crippen LogP contribution in [0.4, 0.5) is 0 Å². The number of likely N-dealkylation sites (N-methyl/N-ethyl adjacent to an activating group) is 1. The Morgan fingerprint density at radius 1 is 1.10 bits per heavy atom. The minimum Gasteiger partial charge on any atom is -0.452 e. The molecule has 2 rings (SSSR count). The molecule has 7 nitrogen and oxygen atoms in total. The van der Waals surface area contributed by atoms with Crippen LogP contribution < -0.4 is 0 Å². The maximum atomic E-state index is 12.8. The molecule has 1 amide bonds. The highest BCUT2D eigenvalue weighted by molar-refractivity contribution is 7.89. The van der Waals surface area contributed by atoms with Gasteiger partial charge in [-0.15, -0.1) is 0 Å². The summed E-state index contributed by atoms with van der Waals surface area (Å²) in [4.78, 5) is 26.1. The first-order valence-corrected chi connectivity index (χ1v) is 11.4. The molecule has 1 aromatic carbocycles. The zero-order valence-electron chi connectivity index (χ0n) is 17.2. The van der Waals surface area contributed by atoms with Crippen molar-refractivity contribution < 1.29 is 22.7 Å². The van der Waals surface area contributed by atoms with Gasteiger partial charge in [0.25, 0.3) is 5.91 Å². The third kappa shape index (κ3) is 6.40. The monoisotopic (exact) mass is 422 g/mol. The normalized spacial score (nSPS) is 15.4. The highest BCUT2D eigenvalue weighted by Gasteiger charge is 2.25. The van der Waals surface area contributed by atoms with Gasteiger partial charge < -0.3 is 9.64 Å². The Morgan fingerprint density at radius 3 is 2.21 bits per heavy atom. The summed E-state index contributed by atoms with van der Waals surface area (Å²) in [5.74, 6) is -0.965. The average molecular weight is 423 g/mol. The van der Waals surface area contributed by atoms with Gasteiger partial charge in [-0.25, -0.2) is 13.2 Å². The fourth-order valence-corrected chi connectivity index (χ4v) is 4.72. The van der Waals surface area contributed by atoms with E-state index in [0.29, 0.717) is 26.2 Å². The molecular formula is C21H30N2O5S. The van der Waals surface area contributed by atoms with E-state index in [9.17, 15) is 18.0 Å². The smallest absolute Gasteiger partial charge is 0.338 e. The van der Waals surface area contributed by atoms with Crippen LogP contribution in [0.1, 0.15) is 49.9 Å². The molecule has 160 valence electrons. The summed E-state index contributed by atoms with van der Waals surface area (Å²) in [6.07, 6.45) is 3.80. The molecule has 0 unspecified atom stereocenters. The van der Waals surface area contributed by atoms with Crippen LogP contribution in [0.5, 0.6) is 0 Å². The van der Waals surface area contributed by atoms with Crippen molar-refractivity contribution in [1.82, 2.24) is 9.21 Å². The molecule has 29 heavy (non-hydrogen) atoms. The Balaban J connectivity index is 1.99. The number of hydrogen-bond donors (Lipinski definition) is 0. The quantitative estimate of drug-likeness (QED) is 0.475. The zero-order chi connectivity index (χ0) is 21.4. The van der Waals surface area contributed by atoms with Crippen molar-refractivity contribution in [3.05, 3.63) is 42.0 Å². The van der Waals surface area contributed by atoms with Crippen molar-refractivity contribution in [3.8, 4) is 0 Å². The van der Waals surface area contributed by atoms with Crippen LogP contribution >= 0.6 is 0 Å². The molecule has 0 atom stereocenters. The van der Waals surface area contributed by atoms with Crippen molar-refractivity contribution in [2.75, 3.05) is 32.8 Å². The standard InChI is InChI=1S/C21H30N2O5S/c1-4-22(15-17(2)3)20(24)16-28-21(25)18-9-11-19(12-10-18)29(26,27)23-13-7-5-6-8-14-23/h9-12H,2,4-8,13-16H2,1,3H3. The Labute approximate surface area is 173 Å². The van der Waals surface area contributed by atoms with Crippen molar-refractivity contribution in [2.45, 2.75) is 44.4 Å². The largest absolute Gasteiger partial charge is 0.452 e. The second-order valence-electron chi connectivity index (χ2n) is 7.28. The number of carbonyl (C=O) groups is 2. The van der Waals surface area contributed by atoms with Gasteiger partial charge in [-0.2, -0.15) is 4.31 Å². The van der Waals surface area contributed by atoms with Crippen LogP contribution in [0.15, 0.2) is 41.3 Å². The number of benzene rings is 1. The number of nitrogens with zero attached hydrogens (tertiary/aromatic N) is 2. The molecule has 0 radical (unpaired) electrons. The number of carbonyl (C=O) groups excluding carboxylic acids is 2. The van der Waals surface area contributed by atoms with E-state index in [1.54, 1.807) is 4.90 Å². The average Bonchev–Trinajstić information content (AvgIpc) is 3.00. The molecule has 0 N–H and O–H groups in total. The fraction of sp³-hybridized carbons (Fsp3) is 0.524. The summed E-state index contributed by atoms with van der Waals surface area (Å²) in [5, 5.41) is 0. The van der Waals surface area contributed by atoms with Gasteiger partial charge in [0, 0.05) is 26.2 Å². The molecule has 0 spiro atoms. The number of ether oxygens (including phenoxy) is 1. The molecule has 0 aliphatic carbocycles. The minimum absolute atomic E-state index is 0.158. The van der Waals surface area contributed by atoms with Crippen LogP contribution in [0, 0.1) is 0 Å². The lowest BCUT2D eigenvalue weighted by Gasteiger charge is -2.21. The summed E-state index contributed by atoms with van der Waals surface area (Å²) in [6, 6.07) is 5.67. The predicted molar refractivity (Wildman–Crippen MR) is 111 cm³/mol. The van der Waals surface area contributed by atoms with Gasteiger partial charge in [0.2, 0.25) is 10.0 Å². The number of hydrogen-bond acceptors (Lipinski definition) is 5. The second-order valence-corrected chi connectivity index (χ2v) is 9.22. The van der Waals surface area contributed by atoms with Gasteiger partial charge in [-0.1, -0.05) is 25.0 Å². The van der Waals surface area contributed by atoms with E-state index in [1.165, 1.54) is 28.6 Å². The Kier molecular flexibility index (Phi) is 8.40. The topological polar surface area (TPSA) is 84.0 Å². The fourth-order valence-electron chi connectivity index (χ4n) is 3.20. The van der Waals surface area contributed by atoms with Gasteiger partial charge in [-0.3, -0.25) is 4.79 Å². The van der Waals surface area contributed by atoms with Gasteiger partial charge in [0.15, 0.2) is 6.61 Å². The van der Waals surface area contributed by atoms with Crippen LogP contribution in [0.25, 0.3) is 0 Å². The summed E-state index contributed by atoms with van der Waals surface area (Å²) < 4.78 is 32.2. The molecular weight excluding hydrogens is 392 g/mol. The number of sulfonamides is 1. The predicted octanol–water partition coefficient (Wildman–Crippen LogP) is 2.83. The number of rotatable bonds is 8. The first-order valence-electron chi connectivity index (χ1n) is 9.95. The molecule has 0 aromatic heterocycles. The maximum absolute atomic E-state index is 12.8. The minimum atomic E-state index is -3.57.